The van der Waals surface area contributed by atoms with Gasteiger partial charge in [-0.1, -0.05) is 11.6 Å². The summed E-state index contributed by atoms with van der Waals surface area (Å²) < 4.78 is 61.4. The molecule has 1 unspecified atom stereocenters. The van der Waals surface area contributed by atoms with Gasteiger partial charge in [0.15, 0.2) is 0 Å². The van der Waals surface area contributed by atoms with Crippen molar-refractivity contribution in [1.82, 2.24) is 19.9 Å². The largest absolute Gasteiger partial charge is 0.433 e. The minimum atomic E-state index is -4.64. The fourth-order valence-corrected chi connectivity index (χ4v) is 5.22. The van der Waals surface area contributed by atoms with Gasteiger partial charge in [-0.05, 0) is 48.4 Å². The minimum Gasteiger partial charge on any atom is -0.378 e. The number of hydrogen-bond donors (Lipinski definition) is 1. The number of hydrogen-bond acceptors (Lipinski definition) is 6. The first-order chi connectivity index (χ1) is 17.8. The molecule has 0 aliphatic carbocycles. The van der Waals surface area contributed by atoms with Gasteiger partial charge >= 0.3 is 6.18 Å². The van der Waals surface area contributed by atoms with E-state index >= 15 is 4.39 Å². The predicted octanol–water partition coefficient (Wildman–Crippen LogP) is 5.15. The molecule has 0 saturated carbocycles. The number of H-pyrrole nitrogens is 1. The summed E-state index contributed by atoms with van der Waals surface area (Å²) in [6.07, 6.45) is -3.09. The van der Waals surface area contributed by atoms with Crippen molar-refractivity contribution in [1.29, 1.82) is 0 Å². The number of nitrogens with one attached hydrogen (secondary N) is 1. The van der Waals surface area contributed by atoms with Gasteiger partial charge in [-0.15, -0.1) is 0 Å². The van der Waals surface area contributed by atoms with Crippen LogP contribution in [0.1, 0.15) is 28.6 Å². The first-order valence-corrected chi connectivity index (χ1v) is 12.1. The molecule has 1 atom stereocenters. The Kier molecular flexibility index (Phi) is 5.91. The molecule has 2 aliphatic heterocycles. The second kappa shape index (κ2) is 9.14. The quantitative estimate of drug-likeness (QED) is 0.291. The molecule has 7 nitrogen and oxygen atoms in total. The minimum absolute atomic E-state index is 0.140. The standard InChI is InChI=1S/C25H21ClF4N6O/c26-14-1-3-18-17(13-14)15-6-8-36(24-31-7-5-19(33-24)25(28,29)30)22(21(15)32-18)16-2-4-20(34-23(16)27)35-9-11-37-12-10-35/h1-5,7,13,22,32H,6,8-12H2. The Bertz CT molecular complexity index is 1470. The SMILES string of the molecule is Fc1nc(N2CCOCC2)ccc1C1c2[nH]c3ccc(Cl)cc3c2CCN1c1nccc(C(F)(F)F)n1. The van der Waals surface area contributed by atoms with Gasteiger partial charge in [-0.2, -0.15) is 17.6 Å². The van der Waals surface area contributed by atoms with E-state index in [1.54, 1.807) is 23.1 Å². The monoisotopic (exact) mass is 532 g/mol. The Hall–Kier alpha value is -3.44. The third kappa shape index (κ3) is 4.36. The molecule has 37 heavy (non-hydrogen) atoms. The summed E-state index contributed by atoms with van der Waals surface area (Å²) in [5.41, 5.74) is 1.50. The molecule has 1 aromatic carbocycles. The maximum Gasteiger partial charge on any atom is 0.433 e. The Balaban J connectivity index is 1.49. The Morgan fingerprint density at radius 2 is 1.84 bits per heavy atom. The van der Waals surface area contributed by atoms with Crippen LogP contribution < -0.4 is 9.80 Å². The van der Waals surface area contributed by atoms with Crippen molar-refractivity contribution < 1.29 is 22.3 Å². The molecule has 3 aromatic heterocycles. The maximum absolute atomic E-state index is 15.7. The number of alkyl halides is 3. The number of ether oxygens (including phenoxy) is 1. The molecule has 6 rings (SSSR count). The van der Waals surface area contributed by atoms with Gasteiger partial charge in [0.05, 0.1) is 13.2 Å². The van der Waals surface area contributed by atoms with Gasteiger partial charge in [-0.25, -0.2) is 15.0 Å². The van der Waals surface area contributed by atoms with E-state index in [1.807, 2.05) is 17.0 Å². The molecule has 1 N–H and O–H groups in total. The topological polar surface area (TPSA) is 70.2 Å². The number of aromatic amines is 1. The predicted molar refractivity (Wildman–Crippen MR) is 130 cm³/mol. The highest BCUT2D eigenvalue weighted by molar-refractivity contribution is 6.31. The lowest BCUT2D eigenvalue weighted by Crippen LogP contribution is -2.39. The fraction of sp³-hybridized carbons (Fsp3) is 0.320. The lowest BCUT2D eigenvalue weighted by molar-refractivity contribution is -0.141. The van der Waals surface area contributed by atoms with Gasteiger partial charge in [0.2, 0.25) is 11.9 Å². The average Bonchev–Trinajstić information content (AvgIpc) is 3.26. The number of aromatic nitrogens is 4. The smallest absolute Gasteiger partial charge is 0.378 e. The molecule has 0 spiro atoms. The summed E-state index contributed by atoms with van der Waals surface area (Å²) in [4.78, 5) is 19.0. The summed E-state index contributed by atoms with van der Waals surface area (Å²) in [5, 5.41) is 1.44. The van der Waals surface area contributed by atoms with Crippen molar-refractivity contribution in [2.75, 3.05) is 42.6 Å². The molecule has 4 aromatic rings. The summed E-state index contributed by atoms with van der Waals surface area (Å²) in [6, 6.07) is 8.75. The highest BCUT2D eigenvalue weighted by Crippen LogP contribution is 2.41. The molecule has 1 fully saturated rings. The number of anilines is 2. The summed E-state index contributed by atoms with van der Waals surface area (Å²) >= 11 is 6.24. The molecule has 12 heteroatoms. The first-order valence-electron chi connectivity index (χ1n) is 11.8. The first kappa shape index (κ1) is 23.9. The number of rotatable bonds is 3. The van der Waals surface area contributed by atoms with E-state index in [4.69, 9.17) is 16.3 Å². The Morgan fingerprint density at radius 3 is 2.59 bits per heavy atom. The number of pyridine rings is 1. The van der Waals surface area contributed by atoms with Gasteiger partial charge in [0.1, 0.15) is 17.6 Å². The van der Waals surface area contributed by atoms with Crippen LogP contribution in [0.4, 0.5) is 29.3 Å². The molecule has 0 bridgehead atoms. The van der Waals surface area contributed by atoms with Crippen molar-refractivity contribution in [3.63, 3.8) is 0 Å². The van der Waals surface area contributed by atoms with Crippen molar-refractivity contribution in [2.45, 2.75) is 18.6 Å². The molecular formula is C25H21ClF4N6O. The second-order valence-corrected chi connectivity index (χ2v) is 9.38. The van der Waals surface area contributed by atoms with E-state index in [9.17, 15) is 13.2 Å². The van der Waals surface area contributed by atoms with Gasteiger partial charge in [-0.3, -0.25) is 0 Å². The second-order valence-electron chi connectivity index (χ2n) is 8.94. The van der Waals surface area contributed by atoms with Crippen LogP contribution in [-0.4, -0.2) is 52.8 Å². The highest BCUT2D eigenvalue weighted by atomic mass is 35.5. The summed E-state index contributed by atoms with van der Waals surface area (Å²) in [7, 11) is 0. The molecule has 192 valence electrons. The zero-order valence-corrected chi connectivity index (χ0v) is 20.2. The average molecular weight is 533 g/mol. The van der Waals surface area contributed by atoms with Crippen molar-refractivity contribution in [2.24, 2.45) is 0 Å². The van der Waals surface area contributed by atoms with Crippen LogP contribution >= 0.6 is 11.6 Å². The number of fused-ring (bicyclic) bond motifs is 3. The van der Waals surface area contributed by atoms with Crippen molar-refractivity contribution >= 4 is 34.3 Å². The van der Waals surface area contributed by atoms with E-state index in [-0.39, 0.29) is 18.1 Å². The number of nitrogens with zero attached hydrogens (tertiary/aromatic N) is 5. The molecule has 5 heterocycles. The van der Waals surface area contributed by atoms with Crippen LogP contribution in [0.25, 0.3) is 10.9 Å². The van der Waals surface area contributed by atoms with Crippen LogP contribution in [0, 0.1) is 5.95 Å². The molecule has 1 saturated heterocycles. The van der Waals surface area contributed by atoms with Crippen molar-refractivity contribution in [3.8, 4) is 0 Å². The third-order valence-corrected chi connectivity index (χ3v) is 7.01. The number of benzene rings is 1. The van der Waals surface area contributed by atoms with E-state index in [1.165, 1.54) is 0 Å². The summed E-state index contributed by atoms with van der Waals surface area (Å²) in [6.45, 7) is 2.49. The van der Waals surface area contributed by atoms with E-state index in [0.717, 1.165) is 28.7 Å². The van der Waals surface area contributed by atoms with E-state index in [2.05, 4.69) is 19.9 Å². The fourth-order valence-electron chi connectivity index (χ4n) is 5.05. The molecule has 0 radical (unpaired) electrons. The van der Waals surface area contributed by atoms with E-state index < -0.39 is 23.9 Å². The molecular weight excluding hydrogens is 512 g/mol. The van der Waals surface area contributed by atoms with Crippen LogP contribution in [0.2, 0.25) is 5.02 Å². The summed E-state index contributed by atoms with van der Waals surface area (Å²) in [5.74, 6) is -0.375. The third-order valence-electron chi connectivity index (χ3n) is 6.77. The number of halogens is 5. The van der Waals surface area contributed by atoms with Gasteiger partial charge in [0, 0.05) is 53.0 Å². The van der Waals surface area contributed by atoms with Crippen LogP contribution in [0.3, 0.4) is 0 Å². The zero-order valence-electron chi connectivity index (χ0n) is 19.4. The van der Waals surface area contributed by atoms with Crippen LogP contribution in [-0.2, 0) is 17.3 Å². The van der Waals surface area contributed by atoms with Crippen molar-refractivity contribution in [3.05, 3.63) is 76.1 Å². The lowest BCUT2D eigenvalue weighted by atomic mass is 9.93. The maximum atomic E-state index is 15.7. The Morgan fingerprint density at radius 1 is 1.03 bits per heavy atom. The van der Waals surface area contributed by atoms with Gasteiger partial charge < -0.3 is 19.5 Å². The van der Waals surface area contributed by atoms with Crippen LogP contribution in [0.15, 0.2) is 42.6 Å². The van der Waals surface area contributed by atoms with E-state index in [0.29, 0.717) is 49.3 Å². The van der Waals surface area contributed by atoms with Gasteiger partial charge in [0.25, 0.3) is 0 Å². The zero-order chi connectivity index (χ0) is 25.7. The van der Waals surface area contributed by atoms with Crippen LogP contribution in [0.5, 0.6) is 0 Å². The Labute approximate surface area is 214 Å². The number of morpholine rings is 1. The highest BCUT2D eigenvalue weighted by Gasteiger charge is 2.38. The molecule has 0 amide bonds. The molecule has 2 aliphatic rings. The normalized spacial score (nSPS) is 18.4. The lowest BCUT2D eigenvalue weighted by Gasteiger charge is -2.36.